The number of esters is 4. The van der Waals surface area contributed by atoms with E-state index >= 15 is 0 Å². The summed E-state index contributed by atoms with van der Waals surface area (Å²) in [5.74, 6) is 0.934. The highest BCUT2D eigenvalue weighted by molar-refractivity contribution is 7.47. The number of ether oxygens (including phenoxy) is 4. The maximum Gasteiger partial charge on any atom is 0.472 e. The number of aliphatic hydroxyl groups is 1. The van der Waals surface area contributed by atoms with Crippen LogP contribution in [0.25, 0.3) is 0 Å². The quantitative estimate of drug-likeness (QED) is 0.0222. The van der Waals surface area contributed by atoms with Gasteiger partial charge in [0.05, 0.1) is 26.4 Å². The number of carbonyl (C=O) groups excluding carboxylic acids is 4. The fraction of sp³-hybridized carbons (Fsp3) is 0.948. The molecule has 0 aromatic rings. The fourth-order valence-electron chi connectivity index (χ4n) is 11.7. The molecule has 0 saturated carbocycles. The number of carbonyl (C=O) groups is 4. The summed E-state index contributed by atoms with van der Waals surface area (Å²) >= 11 is 0. The summed E-state index contributed by atoms with van der Waals surface area (Å²) in [6, 6.07) is 0. The van der Waals surface area contributed by atoms with Crippen LogP contribution in [0, 0.1) is 23.7 Å². The summed E-state index contributed by atoms with van der Waals surface area (Å²) in [6.07, 6.45) is 51.4. The Balaban J connectivity index is 5.22. The van der Waals surface area contributed by atoms with E-state index in [1.165, 1.54) is 186 Å². The second kappa shape index (κ2) is 66.3. The molecule has 0 aromatic carbocycles. The molecule has 0 radical (unpaired) electrons. The van der Waals surface area contributed by atoms with E-state index in [-0.39, 0.29) is 25.7 Å². The van der Waals surface area contributed by atoms with Gasteiger partial charge < -0.3 is 33.8 Å². The van der Waals surface area contributed by atoms with Crippen molar-refractivity contribution >= 4 is 39.5 Å². The molecule has 17 nitrogen and oxygen atoms in total. The predicted octanol–water partition coefficient (Wildman–Crippen LogP) is 22.4. The summed E-state index contributed by atoms with van der Waals surface area (Å²) in [4.78, 5) is 72.8. The summed E-state index contributed by atoms with van der Waals surface area (Å²) in [7, 11) is -9.91. The van der Waals surface area contributed by atoms with Crippen molar-refractivity contribution in [3.63, 3.8) is 0 Å². The Morgan fingerprint density at radius 1 is 0.292 bits per heavy atom. The first-order valence-electron chi connectivity index (χ1n) is 39.7. The molecule has 3 N–H and O–H groups in total. The number of rotatable bonds is 74. The maximum atomic E-state index is 13.1. The Kier molecular flexibility index (Phi) is 65.0. The van der Waals surface area contributed by atoms with Crippen LogP contribution >= 0.6 is 15.6 Å². The number of aliphatic hydroxyl groups excluding tert-OH is 1. The molecule has 0 aliphatic rings. The molecule has 19 heteroatoms. The minimum absolute atomic E-state index is 0.106. The van der Waals surface area contributed by atoms with E-state index in [1.807, 2.05) is 0 Å². The van der Waals surface area contributed by atoms with Crippen molar-refractivity contribution in [3.05, 3.63) is 0 Å². The molecule has 0 aliphatic heterocycles. The number of hydrogen-bond acceptors (Lipinski definition) is 15. The lowest BCUT2D eigenvalue weighted by atomic mass is 10.00. The molecule has 0 aliphatic carbocycles. The van der Waals surface area contributed by atoms with Gasteiger partial charge >= 0.3 is 39.5 Å². The summed E-state index contributed by atoms with van der Waals surface area (Å²) in [5.41, 5.74) is 0. The van der Waals surface area contributed by atoms with Crippen molar-refractivity contribution in [1.29, 1.82) is 0 Å². The van der Waals surface area contributed by atoms with Crippen molar-refractivity contribution in [3.8, 4) is 0 Å². The first-order valence-corrected chi connectivity index (χ1v) is 42.7. The van der Waals surface area contributed by atoms with E-state index in [9.17, 15) is 43.2 Å². The first-order chi connectivity index (χ1) is 46.1. The molecular formula is C77H150O17P2. The van der Waals surface area contributed by atoms with E-state index in [1.54, 1.807) is 0 Å². The van der Waals surface area contributed by atoms with E-state index < -0.39 is 97.5 Å². The zero-order valence-corrected chi connectivity index (χ0v) is 64.8. The van der Waals surface area contributed by atoms with Crippen LogP contribution in [-0.2, 0) is 65.4 Å². The lowest BCUT2D eigenvalue weighted by Crippen LogP contribution is -2.30. The van der Waals surface area contributed by atoms with Gasteiger partial charge in [-0.25, -0.2) is 9.13 Å². The summed E-state index contributed by atoms with van der Waals surface area (Å²) < 4.78 is 68.5. The molecule has 0 spiro atoms. The average Bonchev–Trinajstić information content (AvgIpc) is 1.81. The number of unbranched alkanes of at least 4 members (excludes halogenated alkanes) is 39. The van der Waals surface area contributed by atoms with Gasteiger partial charge in [0, 0.05) is 25.7 Å². The van der Waals surface area contributed by atoms with E-state index in [4.69, 9.17) is 37.0 Å². The van der Waals surface area contributed by atoms with Crippen molar-refractivity contribution < 1.29 is 80.2 Å². The van der Waals surface area contributed by atoms with Gasteiger partial charge in [0.25, 0.3) is 0 Å². The number of hydrogen-bond donors (Lipinski definition) is 3. The van der Waals surface area contributed by atoms with Gasteiger partial charge in [0.15, 0.2) is 12.2 Å². The third-order valence-electron chi connectivity index (χ3n) is 18.2. The monoisotopic (exact) mass is 1410 g/mol. The van der Waals surface area contributed by atoms with Crippen LogP contribution in [0.4, 0.5) is 0 Å². The van der Waals surface area contributed by atoms with Gasteiger partial charge in [-0.05, 0) is 49.4 Å². The van der Waals surface area contributed by atoms with Crippen LogP contribution in [0.2, 0.25) is 0 Å². The van der Waals surface area contributed by atoms with Gasteiger partial charge in [-0.3, -0.25) is 37.3 Å². The topological polar surface area (TPSA) is 237 Å². The van der Waals surface area contributed by atoms with Gasteiger partial charge in [-0.2, -0.15) is 0 Å². The predicted molar refractivity (Wildman–Crippen MR) is 391 cm³/mol. The average molecular weight is 1410 g/mol. The van der Waals surface area contributed by atoms with Crippen molar-refractivity contribution in [2.45, 2.75) is 408 Å². The second-order valence-electron chi connectivity index (χ2n) is 29.4. The lowest BCUT2D eigenvalue weighted by Gasteiger charge is -2.21. The van der Waals surface area contributed by atoms with Crippen LogP contribution in [0.5, 0.6) is 0 Å². The molecule has 0 bridgehead atoms. The third-order valence-corrected chi connectivity index (χ3v) is 20.1. The van der Waals surface area contributed by atoms with E-state index in [0.717, 1.165) is 120 Å². The highest BCUT2D eigenvalue weighted by atomic mass is 31.2. The standard InChI is InChI=1S/C77H150O17P2/c1-9-70(8)56-48-40-35-36-42-50-58-75(80)88-64-73(94-77(82)60-51-43-33-25-21-17-12-10-11-15-19-23-29-37-45-53-67(2)3)66-92-96(85,86)90-62-71(78)61-89-95(83,84)91-65-72(63-87-74(79)57-49-41-32-28-27-31-39-47-55-69(6)7)93-76(81)59-52-44-34-26-22-18-14-13-16-20-24-30-38-46-54-68(4)5/h67-73,78H,9-66H2,1-8H3,(H,83,84)(H,85,86)/t70?,71-,72-,73-/m1/s1. The molecule has 0 aromatic heterocycles. The highest BCUT2D eigenvalue weighted by Gasteiger charge is 2.30. The van der Waals surface area contributed by atoms with E-state index in [0.29, 0.717) is 25.7 Å². The normalized spacial score (nSPS) is 14.4. The zero-order chi connectivity index (χ0) is 71.0. The molecule has 3 unspecified atom stereocenters. The third kappa shape index (κ3) is 69.2. The Bertz CT molecular complexity index is 1890. The van der Waals surface area contributed by atoms with Crippen molar-refractivity contribution in [2.24, 2.45) is 23.7 Å². The van der Waals surface area contributed by atoms with Crippen molar-refractivity contribution in [1.82, 2.24) is 0 Å². The molecule has 570 valence electrons. The molecule has 0 heterocycles. The minimum atomic E-state index is -4.96. The van der Waals surface area contributed by atoms with Crippen LogP contribution in [0.1, 0.15) is 389 Å². The van der Waals surface area contributed by atoms with Crippen LogP contribution in [0.15, 0.2) is 0 Å². The van der Waals surface area contributed by atoms with Crippen LogP contribution < -0.4 is 0 Å². The SMILES string of the molecule is CCC(C)CCCCCCCCC(=O)OC[C@H](COP(=O)(O)OC[C@H](O)COP(=O)(O)OC[C@@H](COC(=O)CCCCCCCCCCC(C)C)OC(=O)CCCCCCCCCCCCCCCCC(C)C)OC(=O)CCCCCCCCCCCCCCCCCC(C)C. The highest BCUT2D eigenvalue weighted by Crippen LogP contribution is 2.45. The van der Waals surface area contributed by atoms with Gasteiger partial charge in [-0.1, -0.05) is 338 Å². The maximum absolute atomic E-state index is 13.1. The smallest absolute Gasteiger partial charge is 0.462 e. The van der Waals surface area contributed by atoms with Gasteiger partial charge in [0.1, 0.15) is 19.3 Å². The Labute approximate surface area is 588 Å². The van der Waals surface area contributed by atoms with Gasteiger partial charge in [-0.15, -0.1) is 0 Å². The minimum Gasteiger partial charge on any atom is -0.462 e. The Hall–Kier alpha value is -1.94. The van der Waals surface area contributed by atoms with Gasteiger partial charge in [0.2, 0.25) is 0 Å². The Morgan fingerprint density at radius 2 is 0.500 bits per heavy atom. The molecule has 96 heavy (non-hydrogen) atoms. The van der Waals surface area contributed by atoms with E-state index in [2.05, 4.69) is 55.4 Å². The molecule has 0 fully saturated rings. The van der Waals surface area contributed by atoms with Crippen molar-refractivity contribution in [2.75, 3.05) is 39.6 Å². The fourth-order valence-corrected chi connectivity index (χ4v) is 13.3. The van der Waals surface area contributed by atoms with Crippen LogP contribution in [-0.4, -0.2) is 96.7 Å². The molecule has 0 saturated heterocycles. The Morgan fingerprint density at radius 3 is 0.740 bits per heavy atom. The zero-order valence-electron chi connectivity index (χ0n) is 63.0. The number of phosphoric acid groups is 2. The lowest BCUT2D eigenvalue weighted by molar-refractivity contribution is -0.161. The summed E-state index contributed by atoms with van der Waals surface area (Å²) in [5, 5.41) is 10.6. The van der Waals surface area contributed by atoms with Crippen LogP contribution in [0.3, 0.4) is 0 Å². The largest absolute Gasteiger partial charge is 0.472 e. The second-order valence-corrected chi connectivity index (χ2v) is 32.3. The molecule has 0 rings (SSSR count). The molecule has 6 atom stereocenters. The molecule has 0 amide bonds. The number of phosphoric ester groups is 2. The summed E-state index contributed by atoms with van der Waals surface area (Å²) in [6.45, 7) is 14.2. The molecular weight excluding hydrogens is 1260 g/mol. The first kappa shape index (κ1) is 94.1.